The maximum absolute atomic E-state index is 13.6. The van der Waals surface area contributed by atoms with Gasteiger partial charge in [-0.3, -0.25) is 0 Å². The molecule has 0 spiro atoms. The largest absolute Gasteiger partial charge is 0.459 e. The van der Waals surface area contributed by atoms with Gasteiger partial charge in [0.05, 0.1) is 16.6 Å². The summed E-state index contributed by atoms with van der Waals surface area (Å²) in [6.07, 6.45) is -0.436. The number of rotatable bonds is 3. The summed E-state index contributed by atoms with van der Waals surface area (Å²) in [6.45, 7) is 4.59. The number of carbonyl (C=O) groups excluding carboxylic acids is 1. The lowest BCUT2D eigenvalue weighted by Gasteiger charge is -2.10. The second-order valence-electron chi connectivity index (χ2n) is 3.99. The molecular weight excluding hydrogens is 283 g/mol. The number of hydrogen-bond donors (Lipinski definition) is 0. The smallest absolute Gasteiger partial charge is 0.341 e. The predicted octanol–water partition coefficient (Wildman–Crippen LogP) is 2.63. The van der Waals surface area contributed by atoms with Crippen LogP contribution in [0.5, 0.6) is 0 Å². The van der Waals surface area contributed by atoms with E-state index < -0.39 is 32.5 Å². The molecular formula is C11H12ClFO4S. The maximum Gasteiger partial charge on any atom is 0.341 e. The molecule has 0 bridgehead atoms. The van der Waals surface area contributed by atoms with E-state index in [0.29, 0.717) is 0 Å². The fraction of sp³-hybridized carbons (Fsp3) is 0.364. The summed E-state index contributed by atoms with van der Waals surface area (Å²) in [4.78, 5) is 11.3. The van der Waals surface area contributed by atoms with Gasteiger partial charge >= 0.3 is 5.97 Å². The zero-order valence-electron chi connectivity index (χ0n) is 10.0. The molecule has 100 valence electrons. The van der Waals surface area contributed by atoms with E-state index in [1.807, 2.05) is 0 Å². The van der Waals surface area contributed by atoms with Crippen molar-refractivity contribution in [3.8, 4) is 0 Å². The number of hydrogen-bond acceptors (Lipinski definition) is 4. The Balaban J connectivity index is 3.34. The van der Waals surface area contributed by atoms with Crippen molar-refractivity contribution in [3.63, 3.8) is 0 Å². The molecule has 0 atom stereocenters. The summed E-state index contributed by atoms with van der Waals surface area (Å²) in [6, 6.07) is 1.82. The molecule has 1 aromatic carbocycles. The van der Waals surface area contributed by atoms with Crippen molar-refractivity contribution in [3.05, 3.63) is 29.1 Å². The van der Waals surface area contributed by atoms with Gasteiger partial charge in [-0.2, -0.15) is 0 Å². The molecule has 0 unspecified atom stereocenters. The average molecular weight is 295 g/mol. The van der Waals surface area contributed by atoms with Gasteiger partial charge in [0.2, 0.25) is 0 Å². The molecule has 1 rings (SSSR count). The van der Waals surface area contributed by atoms with Gasteiger partial charge < -0.3 is 4.74 Å². The lowest BCUT2D eigenvalue weighted by atomic mass is 10.1. The van der Waals surface area contributed by atoms with Gasteiger partial charge in [-0.1, -0.05) is 0 Å². The first-order chi connectivity index (χ1) is 8.12. The molecule has 0 saturated carbocycles. The maximum atomic E-state index is 13.6. The van der Waals surface area contributed by atoms with Gasteiger partial charge in [0.1, 0.15) is 5.82 Å². The molecule has 0 radical (unpaired) electrons. The van der Waals surface area contributed by atoms with Crippen molar-refractivity contribution >= 4 is 25.7 Å². The summed E-state index contributed by atoms with van der Waals surface area (Å²) in [5, 5.41) is 0. The van der Waals surface area contributed by atoms with Crippen LogP contribution in [0.4, 0.5) is 4.39 Å². The van der Waals surface area contributed by atoms with Crippen molar-refractivity contribution in [1.82, 2.24) is 0 Å². The number of benzene rings is 1. The Morgan fingerprint density at radius 3 is 2.39 bits per heavy atom. The van der Waals surface area contributed by atoms with Gasteiger partial charge in [0.25, 0.3) is 9.05 Å². The highest BCUT2D eigenvalue weighted by Crippen LogP contribution is 2.23. The molecule has 0 heterocycles. The lowest BCUT2D eigenvalue weighted by molar-refractivity contribution is 0.0372. The molecule has 0 aliphatic carbocycles. The third kappa shape index (κ3) is 3.43. The van der Waals surface area contributed by atoms with Crippen molar-refractivity contribution in [1.29, 1.82) is 0 Å². The fourth-order valence-corrected chi connectivity index (χ4v) is 2.55. The third-order valence-electron chi connectivity index (χ3n) is 2.09. The van der Waals surface area contributed by atoms with E-state index in [2.05, 4.69) is 0 Å². The topological polar surface area (TPSA) is 60.4 Å². The molecule has 0 saturated heterocycles. The molecule has 0 amide bonds. The fourth-order valence-electron chi connectivity index (χ4n) is 1.35. The van der Waals surface area contributed by atoms with Crippen molar-refractivity contribution in [2.45, 2.75) is 31.8 Å². The number of ether oxygens (including phenoxy) is 1. The van der Waals surface area contributed by atoms with Crippen LogP contribution < -0.4 is 0 Å². The van der Waals surface area contributed by atoms with E-state index in [-0.39, 0.29) is 10.5 Å². The summed E-state index contributed by atoms with van der Waals surface area (Å²) >= 11 is 0. The quantitative estimate of drug-likeness (QED) is 0.635. The summed E-state index contributed by atoms with van der Waals surface area (Å²) in [5.74, 6) is -1.77. The van der Waals surface area contributed by atoms with Crippen LogP contribution in [0.2, 0.25) is 0 Å². The number of carbonyl (C=O) groups is 1. The summed E-state index contributed by atoms with van der Waals surface area (Å²) in [5.41, 5.74) is -0.322. The molecule has 7 heteroatoms. The Bertz CT molecular complexity index is 581. The van der Waals surface area contributed by atoms with E-state index in [9.17, 15) is 17.6 Å². The highest BCUT2D eigenvalue weighted by molar-refractivity contribution is 8.13. The molecule has 0 aromatic heterocycles. The Labute approximate surface area is 109 Å². The van der Waals surface area contributed by atoms with E-state index in [4.69, 9.17) is 15.4 Å². The minimum Gasteiger partial charge on any atom is -0.459 e. The van der Waals surface area contributed by atoms with E-state index in [0.717, 1.165) is 12.1 Å². The second kappa shape index (κ2) is 5.24. The highest BCUT2D eigenvalue weighted by atomic mass is 35.7. The summed E-state index contributed by atoms with van der Waals surface area (Å²) < 4.78 is 40.9. The first-order valence-corrected chi connectivity index (χ1v) is 7.39. The Morgan fingerprint density at radius 1 is 1.39 bits per heavy atom. The zero-order valence-corrected chi connectivity index (χ0v) is 11.6. The molecule has 0 aliphatic rings. The first-order valence-electron chi connectivity index (χ1n) is 5.08. The molecule has 0 N–H and O–H groups in total. The van der Waals surface area contributed by atoms with Crippen molar-refractivity contribution in [2.24, 2.45) is 0 Å². The van der Waals surface area contributed by atoms with Crippen molar-refractivity contribution in [2.75, 3.05) is 0 Å². The molecule has 4 nitrogen and oxygen atoms in total. The van der Waals surface area contributed by atoms with Crippen LogP contribution in [0, 0.1) is 12.7 Å². The van der Waals surface area contributed by atoms with Crippen LogP contribution in [0.15, 0.2) is 17.0 Å². The SMILES string of the molecule is Cc1cc(F)c(C(=O)OC(C)C)cc1S(=O)(=O)Cl. The Kier molecular flexibility index (Phi) is 4.34. The second-order valence-corrected chi connectivity index (χ2v) is 6.52. The standard InChI is InChI=1S/C11H12ClFO4S/c1-6(2)17-11(14)8-5-10(18(12,15)16)7(3)4-9(8)13/h4-6H,1-3H3. The van der Waals surface area contributed by atoms with Gasteiger partial charge in [-0.25, -0.2) is 17.6 Å². The van der Waals surface area contributed by atoms with Crippen LogP contribution in [0.1, 0.15) is 29.8 Å². The average Bonchev–Trinajstić information content (AvgIpc) is 2.13. The Hall–Kier alpha value is -1.14. The lowest BCUT2D eigenvalue weighted by Crippen LogP contribution is -2.14. The Morgan fingerprint density at radius 2 is 1.94 bits per heavy atom. The highest BCUT2D eigenvalue weighted by Gasteiger charge is 2.21. The zero-order chi connectivity index (χ0) is 14.1. The number of aryl methyl sites for hydroxylation is 1. The monoisotopic (exact) mass is 294 g/mol. The van der Waals surface area contributed by atoms with Crippen LogP contribution in [0.25, 0.3) is 0 Å². The molecule has 1 aromatic rings. The molecule has 18 heavy (non-hydrogen) atoms. The number of esters is 1. The van der Waals surface area contributed by atoms with Crippen LogP contribution in [-0.2, 0) is 13.8 Å². The van der Waals surface area contributed by atoms with Crippen LogP contribution in [-0.4, -0.2) is 20.5 Å². The number of halogens is 2. The first kappa shape index (κ1) is 14.9. The van der Waals surface area contributed by atoms with Crippen LogP contribution in [0.3, 0.4) is 0 Å². The minimum atomic E-state index is -4.04. The van der Waals surface area contributed by atoms with E-state index >= 15 is 0 Å². The molecule has 0 aliphatic heterocycles. The van der Waals surface area contributed by atoms with Gasteiger partial charge in [0, 0.05) is 10.7 Å². The molecule has 0 fully saturated rings. The minimum absolute atomic E-state index is 0.128. The van der Waals surface area contributed by atoms with E-state index in [1.165, 1.54) is 6.92 Å². The summed E-state index contributed by atoms with van der Waals surface area (Å²) in [7, 11) is 1.16. The van der Waals surface area contributed by atoms with Crippen LogP contribution >= 0.6 is 10.7 Å². The predicted molar refractivity (Wildman–Crippen MR) is 64.7 cm³/mol. The van der Waals surface area contributed by atoms with Gasteiger partial charge in [-0.05, 0) is 38.5 Å². The van der Waals surface area contributed by atoms with Gasteiger partial charge in [0.15, 0.2) is 0 Å². The van der Waals surface area contributed by atoms with Crippen molar-refractivity contribution < 1.29 is 22.3 Å². The van der Waals surface area contributed by atoms with E-state index in [1.54, 1.807) is 13.8 Å². The van der Waals surface area contributed by atoms with Gasteiger partial charge in [-0.15, -0.1) is 0 Å². The third-order valence-corrected chi connectivity index (χ3v) is 3.55. The normalized spacial score (nSPS) is 11.7.